The van der Waals surface area contributed by atoms with E-state index in [-0.39, 0.29) is 17.5 Å². The Morgan fingerprint density at radius 1 is 0.629 bits per heavy atom. The molecule has 1 N–H and O–H groups in total. The van der Waals surface area contributed by atoms with Crippen LogP contribution in [0.5, 0.6) is 11.5 Å². The molecule has 0 aliphatic rings. The van der Waals surface area contributed by atoms with E-state index < -0.39 is 23.5 Å². The lowest BCUT2D eigenvalue weighted by molar-refractivity contribution is -0.143. The Morgan fingerprint density at radius 2 is 1.09 bits per heavy atom. The van der Waals surface area contributed by atoms with E-state index in [1.165, 1.54) is 14.2 Å². The number of halogens is 6. The summed E-state index contributed by atoms with van der Waals surface area (Å²) in [6.45, 7) is 0. The van der Waals surface area contributed by atoms with Crippen molar-refractivity contribution in [2.75, 3.05) is 14.2 Å². The van der Waals surface area contributed by atoms with E-state index in [9.17, 15) is 26.3 Å². The molecule has 0 unspecified atom stereocenters. The molecule has 10 heteroatoms. The number of rotatable bonds is 5. The highest BCUT2D eigenvalue weighted by atomic mass is 19.4. The Kier molecular flexibility index (Phi) is 6.23. The Morgan fingerprint density at radius 3 is 1.51 bits per heavy atom. The third-order valence-electron chi connectivity index (χ3n) is 5.31. The summed E-state index contributed by atoms with van der Waals surface area (Å²) in [6.07, 6.45) is -9.94. The molecule has 4 aromatic rings. The van der Waals surface area contributed by atoms with Gasteiger partial charge in [-0.3, -0.25) is 0 Å². The standard InChI is InChI=1S/C25H18F6N2O2/c1-34-19-7-3-14(4-8-19)21-22(15-5-9-20(35-2)10-6-15)33-23(32-21)16-11-17(24(26,27)28)13-18(12-16)25(29,30)31/h3-13H,1-2H3,(H,32,33). The van der Waals surface area contributed by atoms with Crippen molar-refractivity contribution in [3.05, 3.63) is 77.9 Å². The lowest BCUT2D eigenvalue weighted by atomic mass is 10.0. The smallest absolute Gasteiger partial charge is 0.416 e. The van der Waals surface area contributed by atoms with Crippen LogP contribution < -0.4 is 9.47 Å². The van der Waals surface area contributed by atoms with Gasteiger partial charge in [0.05, 0.1) is 36.7 Å². The van der Waals surface area contributed by atoms with Crippen molar-refractivity contribution in [2.45, 2.75) is 12.4 Å². The molecule has 0 radical (unpaired) electrons. The Bertz CT molecular complexity index is 1230. The predicted molar refractivity (Wildman–Crippen MR) is 118 cm³/mol. The fourth-order valence-electron chi connectivity index (χ4n) is 3.53. The van der Waals surface area contributed by atoms with E-state index in [1.807, 2.05) is 0 Å². The van der Waals surface area contributed by atoms with Crippen molar-refractivity contribution < 1.29 is 35.8 Å². The van der Waals surface area contributed by atoms with E-state index in [0.717, 1.165) is 0 Å². The maximum absolute atomic E-state index is 13.4. The van der Waals surface area contributed by atoms with Crippen LogP contribution in [0.3, 0.4) is 0 Å². The fourth-order valence-corrected chi connectivity index (χ4v) is 3.53. The zero-order valence-electron chi connectivity index (χ0n) is 18.4. The summed E-state index contributed by atoms with van der Waals surface area (Å²) in [5, 5.41) is 0. The quantitative estimate of drug-likeness (QED) is 0.294. The molecule has 0 aliphatic carbocycles. The molecule has 4 rings (SSSR count). The summed E-state index contributed by atoms with van der Waals surface area (Å²) in [4.78, 5) is 7.33. The van der Waals surface area contributed by atoms with Crippen molar-refractivity contribution in [2.24, 2.45) is 0 Å². The normalized spacial score (nSPS) is 12.0. The van der Waals surface area contributed by atoms with E-state index in [1.54, 1.807) is 48.5 Å². The first-order valence-corrected chi connectivity index (χ1v) is 10.2. The average Bonchev–Trinajstić information content (AvgIpc) is 3.28. The molecule has 0 bridgehead atoms. The largest absolute Gasteiger partial charge is 0.497 e. The highest BCUT2D eigenvalue weighted by Crippen LogP contribution is 2.40. The molecule has 3 aromatic carbocycles. The zero-order valence-corrected chi connectivity index (χ0v) is 18.4. The molecule has 0 aliphatic heterocycles. The second-order valence-electron chi connectivity index (χ2n) is 7.56. The monoisotopic (exact) mass is 492 g/mol. The fraction of sp³-hybridized carbons (Fsp3) is 0.160. The maximum atomic E-state index is 13.4. The predicted octanol–water partition coefficient (Wildman–Crippen LogP) is 7.47. The maximum Gasteiger partial charge on any atom is 0.416 e. The zero-order chi connectivity index (χ0) is 25.4. The summed E-state index contributed by atoms with van der Waals surface area (Å²) < 4.78 is 90.6. The van der Waals surface area contributed by atoms with Gasteiger partial charge in [-0.2, -0.15) is 26.3 Å². The lowest BCUT2D eigenvalue weighted by Gasteiger charge is -2.13. The van der Waals surface area contributed by atoms with E-state index in [4.69, 9.17) is 9.47 Å². The molecule has 0 amide bonds. The number of H-pyrrole nitrogens is 1. The van der Waals surface area contributed by atoms with Crippen molar-refractivity contribution in [3.63, 3.8) is 0 Å². The van der Waals surface area contributed by atoms with Gasteiger partial charge in [0.15, 0.2) is 0 Å². The van der Waals surface area contributed by atoms with Crippen LogP contribution in [-0.4, -0.2) is 24.2 Å². The number of hydrogen-bond donors (Lipinski definition) is 1. The third-order valence-corrected chi connectivity index (χ3v) is 5.31. The van der Waals surface area contributed by atoms with Crippen molar-refractivity contribution in [1.82, 2.24) is 9.97 Å². The van der Waals surface area contributed by atoms with Crippen LogP contribution in [0.2, 0.25) is 0 Å². The topological polar surface area (TPSA) is 47.1 Å². The first kappa shape index (κ1) is 24.2. The van der Waals surface area contributed by atoms with Crippen molar-refractivity contribution in [3.8, 4) is 45.4 Å². The summed E-state index contributed by atoms with van der Waals surface area (Å²) in [5.41, 5.74) is -1.23. The molecular formula is C25H18F6N2O2. The summed E-state index contributed by atoms with van der Waals surface area (Å²) in [5.74, 6) is 1.01. The molecule has 182 valence electrons. The second kappa shape index (κ2) is 9.01. The number of nitrogens with zero attached hydrogens (tertiary/aromatic N) is 1. The van der Waals surface area contributed by atoms with E-state index in [0.29, 0.717) is 46.1 Å². The van der Waals surface area contributed by atoms with Crippen LogP contribution in [0.4, 0.5) is 26.3 Å². The third kappa shape index (κ3) is 5.11. The van der Waals surface area contributed by atoms with Gasteiger partial charge in [-0.25, -0.2) is 4.98 Å². The number of alkyl halides is 6. The van der Waals surface area contributed by atoms with Gasteiger partial charge < -0.3 is 14.5 Å². The van der Waals surface area contributed by atoms with Gasteiger partial charge in [0.1, 0.15) is 17.3 Å². The minimum absolute atomic E-state index is 0.0845. The van der Waals surface area contributed by atoms with Gasteiger partial charge >= 0.3 is 12.4 Å². The van der Waals surface area contributed by atoms with Crippen LogP contribution in [0.25, 0.3) is 33.9 Å². The van der Waals surface area contributed by atoms with Crippen LogP contribution >= 0.6 is 0 Å². The van der Waals surface area contributed by atoms with Crippen molar-refractivity contribution in [1.29, 1.82) is 0 Å². The number of aromatic nitrogens is 2. The summed E-state index contributed by atoms with van der Waals surface area (Å²) in [6, 6.07) is 14.9. The van der Waals surface area contributed by atoms with Crippen molar-refractivity contribution >= 4 is 0 Å². The van der Waals surface area contributed by atoms with Crippen LogP contribution in [-0.2, 0) is 12.4 Å². The molecule has 1 aromatic heterocycles. The van der Waals surface area contributed by atoms with Gasteiger partial charge in [0.2, 0.25) is 0 Å². The lowest BCUT2D eigenvalue weighted by Crippen LogP contribution is -2.11. The number of benzene rings is 3. The van der Waals surface area contributed by atoms with Gasteiger partial charge in [-0.1, -0.05) is 0 Å². The highest BCUT2D eigenvalue weighted by Gasteiger charge is 2.37. The number of hydrogen-bond acceptors (Lipinski definition) is 3. The van der Waals surface area contributed by atoms with Gasteiger partial charge in [0.25, 0.3) is 0 Å². The SMILES string of the molecule is COc1ccc(-c2nc(-c3cc(C(F)(F)F)cc(C(F)(F)F)c3)[nH]c2-c2ccc(OC)cc2)cc1. The van der Waals surface area contributed by atoms with Gasteiger partial charge in [-0.05, 0) is 66.7 Å². The number of methoxy groups -OCH3 is 2. The Labute approximate surface area is 196 Å². The molecular weight excluding hydrogens is 474 g/mol. The summed E-state index contributed by atoms with van der Waals surface area (Å²) in [7, 11) is 2.99. The van der Waals surface area contributed by atoms with Crippen LogP contribution in [0.1, 0.15) is 11.1 Å². The first-order chi connectivity index (χ1) is 16.5. The van der Waals surface area contributed by atoms with Gasteiger partial charge in [-0.15, -0.1) is 0 Å². The number of nitrogens with one attached hydrogen (secondary N) is 1. The number of ether oxygens (including phenoxy) is 2. The highest BCUT2D eigenvalue weighted by molar-refractivity contribution is 5.81. The molecule has 0 spiro atoms. The van der Waals surface area contributed by atoms with E-state index in [2.05, 4.69) is 9.97 Å². The molecule has 0 saturated heterocycles. The average molecular weight is 492 g/mol. The number of aromatic amines is 1. The molecule has 1 heterocycles. The number of imidazole rings is 1. The molecule has 4 nitrogen and oxygen atoms in total. The molecule has 0 atom stereocenters. The molecule has 0 fully saturated rings. The Hall–Kier alpha value is -3.95. The molecule has 35 heavy (non-hydrogen) atoms. The first-order valence-electron chi connectivity index (χ1n) is 10.2. The minimum atomic E-state index is -4.97. The van der Waals surface area contributed by atoms with E-state index >= 15 is 0 Å². The molecule has 0 saturated carbocycles. The van der Waals surface area contributed by atoms with Crippen LogP contribution in [0, 0.1) is 0 Å². The summed E-state index contributed by atoms with van der Waals surface area (Å²) >= 11 is 0. The Balaban J connectivity index is 1.92. The minimum Gasteiger partial charge on any atom is -0.497 e. The van der Waals surface area contributed by atoms with Gasteiger partial charge in [0, 0.05) is 16.7 Å². The van der Waals surface area contributed by atoms with Crippen LogP contribution in [0.15, 0.2) is 66.7 Å². The second-order valence-corrected chi connectivity index (χ2v) is 7.56.